The number of anilines is 1. The van der Waals surface area contributed by atoms with Gasteiger partial charge in [0.25, 0.3) is 20.2 Å². The quantitative estimate of drug-likeness (QED) is 0.0342. The van der Waals surface area contributed by atoms with Crippen LogP contribution in [-0.2, 0) is 29.6 Å². The van der Waals surface area contributed by atoms with E-state index in [1.54, 1.807) is 37.3 Å². The summed E-state index contributed by atoms with van der Waals surface area (Å²) in [6.07, 6.45) is 0. The number of aryl methyl sites for hydroxylation is 1. The van der Waals surface area contributed by atoms with Crippen LogP contribution in [-0.4, -0.2) is 43.0 Å². The first-order valence-corrected chi connectivity index (χ1v) is 14.9. The van der Waals surface area contributed by atoms with Crippen LogP contribution in [0.4, 0.5) is 17.1 Å². The Morgan fingerprint density at radius 1 is 0.927 bits per heavy atom. The van der Waals surface area contributed by atoms with E-state index in [4.69, 9.17) is 9.99 Å². The monoisotopic (exact) mass is 623 g/mol. The molecule has 216 valence electrons. The molecule has 17 heteroatoms. The van der Waals surface area contributed by atoms with E-state index in [9.17, 15) is 31.0 Å². The van der Waals surface area contributed by atoms with Gasteiger partial charge in [0.2, 0.25) is 0 Å². The molecule has 14 nitrogen and oxygen atoms in total. The number of nitrogens with zero attached hydrogens (tertiary/aromatic N) is 2. The number of phenolic OH excluding ortho intramolecular Hbond substituents is 1. The third-order valence-electron chi connectivity index (χ3n) is 5.47. The number of azo groups is 1. The minimum atomic E-state index is -4.70. The molecule has 0 bridgehead atoms. The Morgan fingerprint density at radius 2 is 1.66 bits per heavy atom. The number of ether oxygens (including phenoxy) is 1. The zero-order valence-corrected chi connectivity index (χ0v) is 23.3. The van der Waals surface area contributed by atoms with Crippen LogP contribution in [0.3, 0.4) is 0 Å². The molecule has 41 heavy (non-hydrogen) atoms. The summed E-state index contributed by atoms with van der Waals surface area (Å²) in [6.45, 7) is 1.46. The van der Waals surface area contributed by atoms with Crippen molar-refractivity contribution >= 4 is 60.1 Å². The Balaban J connectivity index is 1.88. The Kier molecular flexibility index (Phi) is 9.10. The van der Waals surface area contributed by atoms with E-state index in [2.05, 4.69) is 24.9 Å². The molecule has 0 aliphatic carbocycles. The largest absolute Gasteiger partial charge is 0.505 e. The molecule has 0 aromatic heterocycles. The van der Waals surface area contributed by atoms with Gasteiger partial charge in [0.1, 0.15) is 22.0 Å². The molecule has 0 spiro atoms. The second kappa shape index (κ2) is 12.4. The van der Waals surface area contributed by atoms with Crippen LogP contribution in [0.2, 0.25) is 0 Å². The Labute approximate surface area is 237 Å². The summed E-state index contributed by atoms with van der Waals surface area (Å²) in [7, 11) is -9.39. The zero-order chi connectivity index (χ0) is 29.8. The van der Waals surface area contributed by atoms with Gasteiger partial charge in [-0.25, -0.2) is 5.26 Å². The first-order valence-electron chi connectivity index (χ1n) is 11.3. The summed E-state index contributed by atoms with van der Waals surface area (Å²) in [5.41, 5.74) is 0.0287. The normalized spacial score (nSPS) is 12.2. The molecular weight excluding hydrogens is 602 g/mol. The maximum Gasteiger partial charge on any atom is 0.296 e. The third kappa shape index (κ3) is 7.29. The first-order chi connectivity index (χ1) is 19.4. The number of hydrogen-bond acceptors (Lipinski definition) is 13. The molecule has 4 aromatic carbocycles. The number of phenols is 1. The van der Waals surface area contributed by atoms with Crippen LogP contribution in [0.5, 0.6) is 11.5 Å². The molecule has 0 aliphatic rings. The van der Waals surface area contributed by atoms with Gasteiger partial charge in [-0.15, -0.1) is 14.6 Å². The average Bonchev–Trinajstić information content (AvgIpc) is 2.90. The lowest BCUT2D eigenvalue weighted by atomic mass is 10.1. The molecule has 0 aliphatic heterocycles. The number of benzene rings is 4. The van der Waals surface area contributed by atoms with Gasteiger partial charge < -0.3 is 15.2 Å². The molecule has 0 fully saturated rings. The summed E-state index contributed by atoms with van der Waals surface area (Å²) in [6, 6.07) is 15.9. The van der Waals surface area contributed by atoms with E-state index in [0.29, 0.717) is 23.4 Å². The minimum Gasteiger partial charge on any atom is -0.505 e. The molecule has 0 atom stereocenters. The number of rotatable bonds is 11. The highest BCUT2D eigenvalue weighted by Crippen LogP contribution is 2.47. The van der Waals surface area contributed by atoms with Gasteiger partial charge in [0.15, 0.2) is 12.5 Å². The van der Waals surface area contributed by atoms with Crippen molar-refractivity contribution in [2.75, 3.05) is 12.0 Å². The highest BCUT2D eigenvalue weighted by molar-refractivity contribution is 7.94. The van der Waals surface area contributed by atoms with Gasteiger partial charge in [-0.1, -0.05) is 29.3 Å². The second-order valence-corrected chi connectivity index (χ2v) is 11.8. The van der Waals surface area contributed by atoms with Crippen LogP contribution >= 0.6 is 12.0 Å². The van der Waals surface area contributed by atoms with Gasteiger partial charge in [-0.3, -0.25) is 9.11 Å². The van der Waals surface area contributed by atoms with Crippen molar-refractivity contribution in [3.05, 3.63) is 72.3 Å². The van der Waals surface area contributed by atoms with Crippen molar-refractivity contribution in [2.24, 2.45) is 10.2 Å². The van der Waals surface area contributed by atoms with E-state index in [1.165, 1.54) is 18.2 Å². The molecule has 0 saturated carbocycles. The van der Waals surface area contributed by atoms with E-state index in [1.807, 2.05) is 0 Å². The molecule has 0 unspecified atom stereocenters. The van der Waals surface area contributed by atoms with Crippen LogP contribution in [0.25, 0.3) is 10.8 Å². The van der Waals surface area contributed by atoms with Gasteiger partial charge in [-0.2, -0.15) is 16.8 Å². The lowest BCUT2D eigenvalue weighted by molar-refractivity contribution is -0.432. The number of nitrogens with one attached hydrogen (secondary N) is 1. The highest BCUT2D eigenvalue weighted by atomic mass is 32.2. The predicted octanol–water partition coefficient (Wildman–Crippen LogP) is 5.64. The second-order valence-electron chi connectivity index (χ2n) is 8.27. The summed E-state index contributed by atoms with van der Waals surface area (Å²) >= 11 is 0.348. The topological polar surface area (TPSA) is 214 Å². The molecule has 4 aromatic rings. The molecule has 0 heterocycles. The van der Waals surface area contributed by atoms with Crippen molar-refractivity contribution < 1.29 is 50.4 Å². The smallest absolute Gasteiger partial charge is 0.296 e. The van der Waals surface area contributed by atoms with Crippen molar-refractivity contribution in [3.63, 3.8) is 0 Å². The third-order valence-corrected chi connectivity index (χ3v) is 7.82. The maximum atomic E-state index is 12.0. The van der Waals surface area contributed by atoms with Crippen molar-refractivity contribution in [1.29, 1.82) is 0 Å². The average molecular weight is 624 g/mol. The first kappa shape index (κ1) is 30.2. The van der Waals surface area contributed by atoms with E-state index < -0.39 is 35.8 Å². The van der Waals surface area contributed by atoms with Gasteiger partial charge in [-0.05, 0) is 60.3 Å². The lowest BCUT2D eigenvalue weighted by Crippen LogP contribution is -2.10. The van der Waals surface area contributed by atoms with Crippen molar-refractivity contribution in [1.82, 2.24) is 0 Å². The summed E-state index contributed by atoms with van der Waals surface area (Å²) in [5.74, 6) is -0.0953. The fraction of sp³-hybridized carbons (Fsp3) is 0.0833. The number of hydrogen-bond donors (Lipinski definition) is 5. The molecule has 0 radical (unpaired) electrons. The Hall–Kier alpha value is -3.81. The molecular formula is C24H21N3O11S3. The van der Waals surface area contributed by atoms with E-state index in [0.717, 1.165) is 18.2 Å². The summed E-state index contributed by atoms with van der Waals surface area (Å²) < 4.78 is 77.0. The van der Waals surface area contributed by atoms with Crippen molar-refractivity contribution in [3.8, 4) is 11.5 Å². The van der Waals surface area contributed by atoms with Gasteiger partial charge >= 0.3 is 0 Å². The SMILES string of the molecule is Cc1ccc(S(=O)(=O)O)c(N=Nc2c(SOOO)cc3cc(S(=O)(=O)O)cc(NCOc4ccccc4)c3c2O)c1. The number of para-hydroxylation sites is 1. The molecule has 0 amide bonds. The number of aromatic hydroxyl groups is 1. The number of fused-ring (bicyclic) bond motifs is 1. The van der Waals surface area contributed by atoms with Crippen LogP contribution in [0.1, 0.15) is 5.56 Å². The molecule has 0 saturated heterocycles. The van der Waals surface area contributed by atoms with Crippen LogP contribution in [0, 0.1) is 6.92 Å². The lowest BCUT2D eigenvalue weighted by Gasteiger charge is -2.16. The van der Waals surface area contributed by atoms with Gasteiger partial charge in [0.05, 0.1) is 21.8 Å². The Morgan fingerprint density at radius 3 is 2.32 bits per heavy atom. The van der Waals surface area contributed by atoms with E-state index >= 15 is 0 Å². The Bertz CT molecular complexity index is 1830. The standard InChI is InChI=1S/C24H21N3O11S3/c1-14-7-8-21(41(33,34)35)18(9-14)26-27-23-20(39-38-37-29)11-15-10-17(40(30,31)32)12-19(22(15)24(23)28)25-13-36-16-5-3-2-4-6-16/h2-12,25,28-29H,13H2,1H3,(H,30,31,32)(H,33,34,35). The maximum absolute atomic E-state index is 12.0. The summed E-state index contributed by atoms with van der Waals surface area (Å²) in [4.78, 5) is -1.14. The predicted molar refractivity (Wildman–Crippen MR) is 147 cm³/mol. The van der Waals surface area contributed by atoms with Crippen molar-refractivity contribution in [2.45, 2.75) is 21.6 Å². The van der Waals surface area contributed by atoms with Crippen LogP contribution in [0.15, 0.2) is 91.6 Å². The highest BCUT2D eigenvalue weighted by Gasteiger charge is 2.22. The fourth-order valence-corrected chi connectivity index (χ4v) is 5.34. The molecule has 4 rings (SSSR count). The minimum absolute atomic E-state index is 0.00469. The van der Waals surface area contributed by atoms with Crippen LogP contribution < -0.4 is 10.1 Å². The summed E-state index contributed by atoms with van der Waals surface area (Å²) in [5, 5.41) is 34.4. The van der Waals surface area contributed by atoms with E-state index in [-0.39, 0.29) is 39.5 Å². The molecule has 5 N–H and O–H groups in total. The fourth-order valence-electron chi connectivity index (χ4n) is 3.70. The zero-order valence-electron chi connectivity index (χ0n) is 20.8. The van der Waals surface area contributed by atoms with Gasteiger partial charge in [0, 0.05) is 11.1 Å².